The number of benzene rings is 1. The molecule has 20 heavy (non-hydrogen) atoms. The van der Waals surface area contributed by atoms with Crippen molar-refractivity contribution in [3.8, 4) is 5.75 Å². The highest BCUT2D eigenvalue weighted by Crippen LogP contribution is 2.10. The van der Waals surface area contributed by atoms with E-state index in [1.165, 1.54) is 6.92 Å². The number of methoxy groups -OCH3 is 1. The van der Waals surface area contributed by atoms with Gasteiger partial charge in [0.2, 0.25) is 11.8 Å². The monoisotopic (exact) mass is 277 g/mol. The first kappa shape index (κ1) is 15.7. The van der Waals surface area contributed by atoms with Crippen LogP contribution in [0.4, 0.5) is 0 Å². The molecule has 0 atom stereocenters. The minimum absolute atomic E-state index is 0.146. The smallest absolute Gasteiger partial charge is 0.236 e. The van der Waals surface area contributed by atoms with Crippen LogP contribution in [0.25, 0.3) is 0 Å². The quantitative estimate of drug-likeness (QED) is 0.606. The molecule has 1 rings (SSSR count). The fraction of sp³-hybridized carbons (Fsp3) is 0.357. The molecule has 1 aromatic rings. The molecular weight excluding hydrogens is 258 g/mol. The highest BCUT2D eigenvalue weighted by Gasteiger charge is 2.04. The molecule has 0 bridgehead atoms. The molecule has 0 spiro atoms. The lowest BCUT2D eigenvalue weighted by Crippen LogP contribution is -2.25. The lowest BCUT2D eigenvalue weighted by molar-refractivity contribution is -0.120. The second kappa shape index (κ2) is 7.93. The van der Waals surface area contributed by atoms with Crippen LogP contribution in [-0.2, 0) is 16.1 Å². The number of carbonyl (C=O) groups excluding carboxylic acids is 2. The van der Waals surface area contributed by atoms with Crippen molar-refractivity contribution in [2.45, 2.75) is 26.8 Å². The van der Waals surface area contributed by atoms with Crippen molar-refractivity contribution >= 4 is 17.5 Å². The number of nitrogens with one attached hydrogen (secondary N) is 2. The highest BCUT2D eigenvalue weighted by molar-refractivity contribution is 6.00. The molecule has 108 valence electrons. The van der Waals surface area contributed by atoms with Gasteiger partial charge in [0.05, 0.1) is 13.5 Å². The van der Waals surface area contributed by atoms with Gasteiger partial charge in [0.25, 0.3) is 0 Å². The Bertz CT molecular complexity index is 495. The van der Waals surface area contributed by atoms with Crippen molar-refractivity contribution in [2.75, 3.05) is 7.11 Å². The summed E-state index contributed by atoms with van der Waals surface area (Å²) in [7, 11) is 1.61. The molecule has 0 heterocycles. The van der Waals surface area contributed by atoms with E-state index in [9.17, 15) is 9.59 Å². The fourth-order valence-corrected chi connectivity index (χ4v) is 1.45. The summed E-state index contributed by atoms with van der Waals surface area (Å²) < 4.78 is 5.06. The van der Waals surface area contributed by atoms with E-state index in [-0.39, 0.29) is 18.2 Å². The van der Waals surface area contributed by atoms with Gasteiger partial charge in [0.15, 0.2) is 0 Å². The highest BCUT2D eigenvalue weighted by atomic mass is 16.5. The first-order valence-electron chi connectivity index (χ1n) is 6.20. The lowest BCUT2D eigenvalue weighted by atomic mass is 10.2. The van der Waals surface area contributed by atoms with Gasteiger partial charge in [-0.25, -0.2) is 5.43 Å². The molecule has 2 N–H and O–H groups in total. The number of amides is 2. The number of hydrogen-bond donors (Lipinski definition) is 2. The van der Waals surface area contributed by atoms with Crippen LogP contribution >= 0.6 is 0 Å². The summed E-state index contributed by atoms with van der Waals surface area (Å²) in [6.45, 7) is 3.49. The first-order chi connectivity index (χ1) is 9.51. The average Bonchev–Trinajstić information content (AvgIpc) is 2.43. The van der Waals surface area contributed by atoms with Crippen molar-refractivity contribution in [2.24, 2.45) is 5.10 Å². The molecule has 6 nitrogen and oxygen atoms in total. The number of ether oxygens (including phenoxy) is 1. The third-order valence-corrected chi connectivity index (χ3v) is 2.47. The van der Waals surface area contributed by atoms with Gasteiger partial charge in [-0.1, -0.05) is 12.1 Å². The Morgan fingerprint density at radius 1 is 1.20 bits per heavy atom. The Morgan fingerprint density at radius 3 is 2.40 bits per heavy atom. The average molecular weight is 277 g/mol. The Labute approximate surface area is 118 Å². The topological polar surface area (TPSA) is 79.8 Å². The summed E-state index contributed by atoms with van der Waals surface area (Å²) in [5, 5.41) is 6.56. The van der Waals surface area contributed by atoms with E-state index in [0.29, 0.717) is 12.3 Å². The fourth-order valence-electron chi connectivity index (χ4n) is 1.45. The zero-order chi connectivity index (χ0) is 15.0. The molecule has 0 saturated carbocycles. The third-order valence-electron chi connectivity index (χ3n) is 2.47. The molecule has 2 amide bonds. The van der Waals surface area contributed by atoms with Gasteiger partial charge in [0, 0.05) is 19.2 Å². The van der Waals surface area contributed by atoms with Gasteiger partial charge in [-0.3, -0.25) is 9.59 Å². The van der Waals surface area contributed by atoms with E-state index in [0.717, 1.165) is 11.3 Å². The Hall–Kier alpha value is -2.37. The normalized spacial score (nSPS) is 10.8. The summed E-state index contributed by atoms with van der Waals surface area (Å²) in [5.74, 6) is 0.369. The van der Waals surface area contributed by atoms with Gasteiger partial charge in [-0.2, -0.15) is 5.10 Å². The molecule has 0 radical (unpaired) electrons. The van der Waals surface area contributed by atoms with Crippen LogP contribution in [0.2, 0.25) is 0 Å². The maximum absolute atomic E-state index is 11.7. The number of carbonyl (C=O) groups is 2. The van der Waals surface area contributed by atoms with Crippen molar-refractivity contribution in [3.63, 3.8) is 0 Å². The molecule has 0 aromatic heterocycles. The largest absolute Gasteiger partial charge is 0.497 e. The van der Waals surface area contributed by atoms with E-state index in [2.05, 4.69) is 15.8 Å². The summed E-state index contributed by atoms with van der Waals surface area (Å²) in [6, 6.07) is 7.45. The summed E-state index contributed by atoms with van der Waals surface area (Å²) in [6.07, 6.45) is 0.149. The SMILES string of the molecule is COc1ccc(CNC(=O)CC(C)=NNC(C)=O)cc1. The Balaban J connectivity index is 2.38. The summed E-state index contributed by atoms with van der Waals surface area (Å²) in [4.78, 5) is 22.3. The third kappa shape index (κ3) is 5.99. The summed E-state index contributed by atoms with van der Waals surface area (Å²) in [5.41, 5.74) is 3.82. The molecule has 6 heteroatoms. The molecule has 0 aliphatic carbocycles. The molecule has 0 fully saturated rings. The second-order valence-corrected chi connectivity index (χ2v) is 4.32. The van der Waals surface area contributed by atoms with Crippen LogP contribution in [-0.4, -0.2) is 24.6 Å². The zero-order valence-corrected chi connectivity index (χ0v) is 11.9. The van der Waals surface area contributed by atoms with Crippen LogP contribution in [0.5, 0.6) is 5.75 Å². The summed E-state index contributed by atoms with van der Waals surface area (Å²) >= 11 is 0. The van der Waals surface area contributed by atoms with Gasteiger partial charge in [-0.15, -0.1) is 0 Å². The minimum Gasteiger partial charge on any atom is -0.497 e. The minimum atomic E-state index is -0.261. The number of hydrogen-bond acceptors (Lipinski definition) is 4. The van der Waals surface area contributed by atoms with Crippen LogP contribution in [0.3, 0.4) is 0 Å². The first-order valence-corrected chi connectivity index (χ1v) is 6.20. The standard InChI is InChI=1S/C14H19N3O3/c1-10(16-17-11(2)18)8-14(19)15-9-12-4-6-13(20-3)7-5-12/h4-7H,8-9H2,1-3H3,(H,15,19)(H,17,18). The van der Waals surface area contributed by atoms with Crippen LogP contribution in [0.1, 0.15) is 25.8 Å². The van der Waals surface area contributed by atoms with Crippen LogP contribution in [0.15, 0.2) is 29.4 Å². The maximum Gasteiger partial charge on any atom is 0.236 e. The van der Waals surface area contributed by atoms with E-state index < -0.39 is 0 Å². The predicted octanol–water partition coefficient (Wildman–Crippen LogP) is 1.21. The maximum atomic E-state index is 11.7. The number of nitrogens with zero attached hydrogens (tertiary/aromatic N) is 1. The van der Waals surface area contributed by atoms with Crippen molar-refractivity contribution in [1.82, 2.24) is 10.7 Å². The zero-order valence-electron chi connectivity index (χ0n) is 11.9. The molecule has 0 aliphatic heterocycles. The molecule has 0 unspecified atom stereocenters. The number of hydrazone groups is 1. The molecule has 1 aromatic carbocycles. The second-order valence-electron chi connectivity index (χ2n) is 4.32. The van der Waals surface area contributed by atoms with Crippen molar-refractivity contribution in [1.29, 1.82) is 0 Å². The van der Waals surface area contributed by atoms with Gasteiger partial charge in [0.1, 0.15) is 5.75 Å². The van der Waals surface area contributed by atoms with Crippen LogP contribution in [0, 0.1) is 0 Å². The van der Waals surface area contributed by atoms with Crippen LogP contribution < -0.4 is 15.5 Å². The Kier molecular flexibility index (Phi) is 6.22. The van der Waals surface area contributed by atoms with Gasteiger partial charge >= 0.3 is 0 Å². The van der Waals surface area contributed by atoms with Gasteiger partial charge in [-0.05, 0) is 24.6 Å². The van der Waals surface area contributed by atoms with E-state index in [1.54, 1.807) is 14.0 Å². The van der Waals surface area contributed by atoms with E-state index in [4.69, 9.17) is 4.74 Å². The molecule has 0 saturated heterocycles. The molecule has 0 aliphatic rings. The predicted molar refractivity (Wildman–Crippen MR) is 76.4 cm³/mol. The number of rotatable bonds is 6. The lowest BCUT2D eigenvalue weighted by Gasteiger charge is -2.06. The van der Waals surface area contributed by atoms with Crippen molar-refractivity contribution < 1.29 is 14.3 Å². The molecular formula is C14H19N3O3. The van der Waals surface area contributed by atoms with E-state index in [1.807, 2.05) is 24.3 Å². The van der Waals surface area contributed by atoms with Gasteiger partial charge < -0.3 is 10.1 Å². The van der Waals surface area contributed by atoms with Crippen molar-refractivity contribution in [3.05, 3.63) is 29.8 Å². The van der Waals surface area contributed by atoms with E-state index >= 15 is 0 Å². The Morgan fingerprint density at radius 2 is 1.85 bits per heavy atom.